The summed E-state index contributed by atoms with van der Waals surface area (Å²) >= 11 is 1.69. The van der Waals surface area contributed by atoms with Crippen molar-refractivity contribution in [3.05, 3.63) is 22.4 Å². The van der Waals surface area contributed by atoms with Crippen molar-refractivity contribution in [3.8, 4) is 0 Å². The van der Waals surface area contributed by atoms with Gasteiger partial charge in [-0.2, -0.15) is 0 Å². The lowest BCUT2D eigenvalue weighted by Gasteiger charge is -2.36. The molecule has 0 aliphatic carbocycles. The third-order valence-electron chi connectivity index (χ3n) is 4.57. The van der Waals surface area contributed by atoms with Gasteiger partial charge in [0.25, 0.3) is 0 Å². The van der Waals surface area contributed by atoms with Crippen LogP contribution in [0.15, 0.2) is 17.5 Å². The highest BCUT2D eigenvalue weighted by molar-refractivity contribution is 7.10. The van der Waals surface area contributed by atoms with Crippen molar-refractivity contribution in [3.63, 3.8) is 0 Å². The molecule has 1 aromatic heterocycles. The molecule has 0 atom stereocenters. The van der Waals surface area contributed by atoms with Crippen molar-refractivity contribution < 1.29 is 19.1 Å². The summed E-state index contributed by atoms with van der Waals surface area (Å²) in [5, 5.41) is 4.95. The average Bonchev–Trinajstić information content (AvgIpc) is 3.20. The highest BCUT2D eigenvalue weighted by Gasteiger charge is 2.36. The zero-order chi connectivity index (χ0) is 16.3. The predicted molar refractivity (Wildman–Crippen MR) is 85.0 cm³/mol. The lowest BCUT2D eigenvalue weighted by molar-refractivity contribution is -0.142. The molecule has 124 valence electrons. The molecule has 3 rings (SSSR count). The zero-order valence-corrected chi connectivity index (χ0v) is 13.7. The molecule has 2 fully saturated rings. The van der Waals surface area contributed by atoms with Crippen molar-refractivity contribution in [1.82, 2.24) is 10.2 Å². The minimum Gasteiger partial charge on any atom is -0.381 e. The van der Waals surface area contributed by atoms with Crippen LogP contribution in [0.4, 0.5) is 0 Å². The molecule has 0 spiro atoms. The normalized spacial score (nSPS) is 20.8. The van der Waals surface area contributed by atoms with Crippen molar-refractivity contribution in [2.24, 2.45) is 0 Å². The Kier molecular flexibility index (Phi) is 4.77. The number of amides is 3. The molecule has 23 heavy (non-hydrogen) atoms. The Labute approximate surface area is 138 Å². The number of hydrogen-bond acceptors (Lipinski definition) is 5. The number of carbonyl (C=O) groups excluding carboxylic acids is 3. The van der Waals surface area contributed by atoms with E-state index >= 15 is 0 Å². The lowest BCUT2D eigenvalue weighted by Crippen LogP contribution is -2.47. The van der Waals surface area contributed by atoms with Gasteiger partial charge in [-0.3, -0.25) is 19.3 Å². The van der Waals surface area contributed by atoms with Crippen LogP contribution in [-0.4, -0.2) is 48.9 Å². The van der Waals surface area contributed by atoms with Crippen LogP contribution in [0.3, 0.4) is 0 Å². The second-order valence-corrected chi connectivity index (χ2v) is 6.97. The number of ether oxygens (including phenoxy) is 1. The van der Waals surface area contributed by atoms with E-state index in [1.807, 2.05) is 11.4 Å². The van der Waals surface area contributed by atoms with Crippen molar-refractivity contribution in [1.29, 1.82) is 0 Å². The first-order valence-corrected chi connectivity index (χ1v) is 8.70. The van der Waals surface area contributed by atoms with Crippen LogP contribution in [0, 0.1) is 0 Å². The van der Waals surface area contributed by atoms with Crippen LogP contribution < -0.4 is 5.32 Å². The molecule has 3 heterocycles. The minimum absolute atomic E-state index is 0.110. The van der Waals surface area contributed by atoms with E-state index in [1.165, 1.54) is 4.88 Å². The topological polar surface area (TPSA) is 75.7 Å². The third kappa shape index (κ3) is 3.45. The second kappa shape index (κ2) is 6.80. The molecule has 2 saturated heterocycles. The number of rotatable bonds is 5. The van der Waals surface area contributed by atoms with E-state index in [1.54, 1.807) is 11.3 Å². The van der Waals surface area contributed by atoms with Gasteiger partial charge in [0.05, 0.1) is 0 Å². The van der Waals surface area contributed by atoms with Crippen molar-refractivity contribution >= 4 is 29.1 Å². The monoisotopic (exact) mass is 336 g/mol. The first-order valence-electron chi connectivity index (χ1n) is 7.82. The van der Waals surface area contributed by atoms with Gasteiger partial charge in [-0.05, 0) is 24.3 Å². The Morgan fingerprint density at radius 2 is 1.96 bits per heavy atom. The fourth-order valence-corrected chi connectivity index (χ4v) is 4.11. The van der Waals surface area contributed by atoms with Crippen LogP contribution in [0.2, 0.25) is 0 Å². The van der Waals surface area contributed by atoms with Crippen LogP contribution in [0.5, 0.6) is 0 Å². The van der Waals surface area contributed by atoms with Crippen molar-refractivity contribution in [2.75, 3.05) is 26.3 Å². The van der Waals surface area contributed by atoms with Gasteiger partial charge < -0.3 is 10.1 Å². The summed E-state index contributed by atoms with van der Waals surface area (Å²) in [5.74, 6) is -0.801. The summed E-state index contributed by atoms with van der Waals surface area (Å²) in [7, 11) is 0. The fraction of sp³-hybridized carbons (Fsp3) is 0.562. The molecule has 0 bridgehead atoms. The summed E-state index contributed by atoms with van der Waals surface area (Å²) in [6, 6.07) is 4.11. The number of likely N-dealkylation sites (tertiary alicyclic amines) is 1. The molecule has 1 N–H and O–H groups in total. The molecule has 0 aromatic carbocycles. The van der Waals surface area contributed by atoms with Gasteiger partial charge in [0.2, 0.25) is 17.7 Å². The number of thiophene rings is 1. The van der Waals surface area contributed by atoms with Gasteiger partial charge in [0.1, 0.15) is 6.54 Å². The molecule has 2 aliphatic heterocycles. The minimum atomic E-state index is -0.281. The van der Waals surface area contributed by atoms with Gasteiger partial charge >= 0.3 is 0 Å². The highest BCUT2D eigenvalue weighted by atomic mass is 32.1. The second-order valence-electron chi connectivity index (χ2n) is 6.02. The van der Waals surface area contributed by atoms with E-state index in [2.05, 4.69) is 11.4 Å². The zero-order valence-electron chi connectivity index (χ0n) is 12.9. The Bertz CT molecular complexity index is 577. The predicted octanol–water partition coefficient (Wildman–Crippen LogP) is 1.06. The Balaban J connectivity index is 1.62. The average molecular weight is 336 g/mol. The number of hydrogen-bond donors (Lipinski definition) is 1. The molecule has 0 unspecified atom stereocenters. The molecule has 0 saturated carbocycles. The molecular formula is C16H20N2O4S. The van der Waals surface area contributed by atoms with E-state index in [0.717, 1.165) is 17.7 Å². The number of imide groups is 1. The van der Waals surface area contributed by atoms with E-state index in [-0.39, 0.29) is 42.5 Å². The number of nitrogens with one attached hydrogen (secondary N) is 1. The quantitative estimate of drug-likeness (QED) is 0.816. The van der Waals surface area contributed by atoms with Gasteiger partial charge in [-0.25, -0.2) is 0 Å². The maximum Gasteiger partial charge on any atom is 0.240 e. The molecule has 0 radical (unpaired) electrons. The standard InChI is InChI=1S/C16H20N2O4S/c19-13(10-18-14(20)3-4-15(18)21)17-11-16(5-7-22-8-6-16)12-2-1-9-23-12/h1-2,9H,3-8,10-11H2,(H,17,19). The van der Waals surface area contributed by atoms with Gasteiger partial charge in [-0.1, -0.05) is 6.07 Å². The highest BCUT2D eigenvalue weighted by Crippen LogP contribution is 2.36. The largest absolute Gasteiger partial charge is 0.381 e. The van der Waals surface area contributed by atoms with Crippen LogP contribution in [0.1, 0.15) is 30.6 Å². The molecule has 7 heteroatoms. The first-order chi connectivity index (χ1) is 11.1. The summed E-state index contributed by atoms with van der Waals surface area (Å²) in [5.41, 5.74) is -0.110. The third-order valence-corrected chi connectivity index (χ3v) is 5.69. The summed E-state index contributed by atoms with van der Waals surface area (Å²) in [4.78, 5) is 37.6. The molecule has 1 aromatic rings. The van der Waals surface area contributed by atoms with Crippen molar-refractivity contribution in [2.45, 2.75) is 31.1 Å². The molecule has 2 aliphatic rings. The number of nitrogens with zero attached hydrogens (tertiary/aromatic N) is 1. The summed E-state index contributed by atoms with van der Waals surface area (Å²) < 4.78 is 5.46. The molecular weight excluding hydrogens is 316 g/mol. The van der Waals surface area contributed by atoms with E-state index in [4.69, 9.17) is 4.74 Å². The number of carbonyl (C=O) groups is 3. The summed E-state index contributed by atoms with van der Waals surface area (Å²) in [6.45, 7) is 1.69. The fourth-order valence-electron chi connectivity index (χ4n) is 3.12. The van der Waals surface area contributed by atoms with Crippen LogP contribution in [0.25, 0.3) is 0 Å². The van der Waals surface area contributed by atoms with Gasteiger partial charge in [0.15, 0.2) is 0 Å². The van der Waals surface area contributed by atoms with Gasteiger partial charge in [0, 0.05) is 42.9 Å². The van der Waals surface area contributed by atoms with Gasteiger partial charge in [-0.15, -0.1) is 11.3 Å². The Morgan fingerprint density at radius 1 is 1.26 bits per heavy atom. The van der Waals surface area contributed by atoms with E-state index in [9.17, 15) is 14.4 Å². The van der Waals surface area contributed by atoms with Crippen LogP contribution >= 0.6 is 11.3 Å². The summed E-state index contributed by atoms with van der Waals surface area (Å²) in [6.07, 6.45) is 2.13. The Hall–Kier alpha value is -1.73. The van der Waals surface area contributed by atoms with E-state index < -0.39 is 0 Å². The maximum atomic E-state index is 12.2. The first kappa shape index (κ1) is 16.1. The molecule has 6 nitrogen and oxygen atoms in total. The van der Waals surface area contributed by atoms with Crippen LogP contribution in [-0.2, 0) is 24.5 Å². The smallest absolute Gasteiger partial charge is 0.240 e. The lowest BCUT2D eigenvalue weighted by atomic mass is 9.78. The Morgan fingerprint density at radius 3 is 2.57 bits per heavy atom. The van der Waals surface area contributed by atoms with E-state index in [0.29, 0.717) is 19.8 Å². The molecule has 3 amide bonds. The maximum absolute atomic E-state index is 12.2. The SMILES string of the molecule is O=C(CN1C(=O)CCC1=O)NCC1(c2cccs2)CCOCC1.